The van der Waals surface area contributed by atoms with Gasteiger partial charge in [-0.25, -0.2) is 4.79 Å². The van der Waals surface area contributed by atoms with E-state index >= 15 is 0 Å². The first-order chi connectivity index (χ1) is 18.1. The molecule has 4 N–H and O–H groups in total. The Hall–Kier alpha value is -3.76. The van der Waals surface area contributed by atoms with E-state index < -0.39 is 41.6 Å². The van der Waals surface area contributed by atoms with Crippen LogP contribution in [0.25, 0.3) is 10.8 Å². The van der Waals surface area contributed by atoms with Crippen LogP contribution in [-0.4, -0.2) is 63.1 Å². The van der Waals surface area contributed by atoms with Gasteiger partial charge in [0.25, 0.3) is 0 Å². The van der Waals surface area contributed by atoms with Crippen LogP contribution in [0.15, 0.2) is 30.5 Å². The number of nitrogens with zero attached hydrogens (tertiary/aromatic N) is 3. The van der Waals surface area contributed by atoms with Gasteiger partial charge in [0.1, 0.15) is 23.4 Å². The number of rotatable bonds is 7. The molecule has 1 aromatic heterocycles. The van der Waals surface area contributed by atoms with E-state index in [0.29, 0.717) is 11.9 Å². The van der Waals surface area contributed by atoms with Gasteiger partial charge >= 0.3 is 6.09 Å². The predicted molar refractivity (Wildman–Crippen MR) is 144 cm³/mol. The Morgan fingerprint density at radius 1 is 1.13 bits per heavy atom. The van der Waals surface area contributed by atoms with Gasteiger partial charge in [-0.2, -0.15) is 10.2 Å². The highest BCUT2D eigenvalue weighted by Crippen LogP contribution is 2.65. The largest absolute Gasteiger partial charge is 0.444 e. The summed E-state index contributed by atoms with van der Waals surface area (Å²) in [5.74, 6) is -1.93. The molecule has 1 aromatic carbocycles. The number of benzene rings is 1. The number of amides is 4. The second-order valence-electron chi connectivity index (χ2n) is 12.4. The molecule has 4 rings (SSSR count). The van der Waals surface area contributed by atoms with Crippen molar-refractivity contribution in [2.24, 2.45) is 28.9 Å². The van der Waals surface area contributed by atoms with Crippen molar-refractivity contribution in [1.29, 1.82) is 0 Å². The van der Waals surface area contributed by atoms with Crippen molar-refractivity contribution in [2.75, 3.05) is 6.54 Å². The van der Waals surface area contributed by atoms with Gasteiger partial charge in [-0.15, -0.1) is 0 Å². The van der Waals surface area contributed by atoms with Crippen molar-refractivity contribution in [3.05, 3.63) is 36.2 Å². The summed E-state index contributed by atoms with van der Waals surface area (Å²) in [7, 11) is 0. The number of fused-ring (bicyclic) bond motifs is 2. The minimum absolute atomic E-state index is 0.107. The van der Waals surface area contributed by atoms with Crippen LogP contribution in [0.4, 0.5) is 4.79 Å². The first-order valence-corrected chi connectivity index (χ1v) is 13.2. The van der Waals surface area contributed by atoms with Crippen LogP contribution in [0.3, 0.4) is 0 Å². The van der Waals surface area contributed by atoms with E-state index in [9.17, 15) is 19.2 Å². The van der Waals surface area contributed by atoms with Gasteiger partial charge < -0.3 is 26.0 Å². The number of hydrogen-bond acceptors (Lipinski definition) is 7. The quantitative estimate of drug-likeness (QED) is 0.488. The van der Waals surface area contributed by atoms with Gasteiger partial charge in [-0.05, 0) is 43.9 Å². The lowest BCUT2D eigenvalue weighted by molar-refractivity contribution is -0.143. The minimum Gasteiger partial charge on any atom is -0.444 e. The average molecular weight is 539 g/mol. The molecule has 2 unspecified atom stereocenters. The molecule has 1 aliphatic heterocycles. The normalized spacial score (nSPS) is 23.1. The average Bonchev–Trinajstić information content (AvgIpc) is 3.16. The molecule has 1 saturated heterocycles. The van der Waals surface area contributed by atoms with Crippen molar-refractivity contribution < 1.29 is 23.9 Å². The Bertz CT molecular complexity index is 1300. The van der Waals surface area contributed by atoms with Gasteiger partial charge in [0.05, 0.1) is 6.20 Å². The zero-order valence-corrected chi connectivity index (χ0v) is 23.5. The summed E-state index contributed by atoms with van der Waals surface area (Å²) >= 11 is 0. The molecule has 4 amide bonds. The molecule has 2 fully saturated rings. The Kier molecular flexibility index (Phi) is 7.31. The van der Waals surface area contributed by atoms with E-state index in [1.54, 1.807) is 39.1 Å². The van der Waals surface area contributed by atoms with Crippen molar-refractivity contribution >= 4 is 34.6 Å². The zero-order valence-electron chi connectivity index (χ0n) is 23.5. The van der Waals surface area contributed by atoms with Crippen molar-refractivity contribution in [3.63, 3.8) is 0 Å². The maximum Gasteiger partial charge on any atom is 0.408 e. The van der Waals surface area contributed by atoms with E-state index in [4.69, 9.17) is 10.5 Å². The second-order valence-corrected chi connectivity index (χ2v) is 12.4. The number of carbonyl (C=O) groups excluding carboxylic acids is 4. The van der Waals surface area contributed by atoms with E-state index in [0.717, 1.165) is 5.39 Å². The number of alkyl carbamates (subject to hydrolysis) is 1. The third-order valence-electron chi connectivity index (χ3n) is 7.81. The fraction of sp³-hybridized carbons (Fsp3) is 0.571. The molecule has 210 valence electrons. The maximum atomic E-state index is 13.8. The predicted octanol–water partition coefficient (Wildman–Crippen LogP) is 2.30. The molecule has 1 saturated carbocycles. The van der Waals surface area contributed by atoms with Crippen molar-refractivity contribution in [2.45, 2.75) is 72.2 Å². The van der Waals surface area contributed by atoms with Crippen LogP contribution in [0.5, 0.6) is 0 Å². The molecular weight excluding hydrogens is 500 g/mol. The third kappa shape index (κ3) is 5.53. The van der Waals surface area contributed by atoms with E-state index in [2.05, 4.69) is 34.7 Å². The van der Waals surface area contributed by atoms with Crippen LogP contribution in [0.1, 0.15) is 60.2 Å². The van der Waals surface area contributed by atoms with Gasteiger partial charge in [-0.3, -0.25) is 14.4 Å². The van der Waals surface area contributed by atoms with Crippen molar-refractivity contribution in [1.82, 2.24) is 25.7 Å². The van der Waals surface area contributed by atoms with Crippen LogP contribution in [0.2, 0.25) is 0 Å². The lowest BCUT2D eigenvalue weighted by Crippen LogP contribution is -2.58. The summed E-state index contributed by atoms with van der Waals surface area (Å²) in [5, 5.41) is 14.9. The summed E-state index contributed by atoms with van der Waals surface area (Å²) in [6, 6.07) is 4.25. The SMILES string of the molecule is CC(C)C(NC(=O)OC(C)(C)C)C(=O)N1C[C@H]2[C@@H]([C@H]1C(=O)NC(C(N)=O)c1nncc3ccccc13)C2(C)C. The molecule has 5 atom stereocenters. The van der Waals surface area contributed by atoms with Gasteiger partial charge in [0.2, 0.25) is 17.7 Å². The van der Waals surface area contributed by atoms with Crippen LogP contribution >= 0.6 is 0 Å². The lowest BCUT2D eigenvalue weighted by Gasteiger charge is -2.35. The summed E-state index contributed by atoms with van der Waals surface area (Å²) in [4.78, 5) is 54.2. The van der Waals surface area contributed by atoms with Crippen LogP contribution in [0, 0.1) is 23.2 Å². The second kappa shape index (κ2) is 10.1. The number of piperidine rings is 1. The number of likely N-dealkylation sites (tertiary alicyclic amines) is 1. The lowest BCUT2D eigenvalue weighted by atomic mass is 9.97. The molecule has 11 nitrogen and oxygen atoms in total. The number of aromatic nitrogens is 2. The topological polar surface area (TPSA) is 157 Å². The Morgan fingerprint density at radius 2 is 1.79 bits per heavy atom. The number of nitrogens with one attached hydrogen (secondary N) is 2. The Balaban J connectivity index is 1.61. The summed E-state index contributed by atoms with van der Waals surface area (Å²) in [6.07, 6.45) is 0.862. The molecule has 39 heavy (non-hydrogen) atoms. The smallest absolute Gasteiger partial charge is 0.408 e. The van der Waals surface area contributed by atoms with Crippen LogP contribution in [-0.2, 0) is 19.1 Å². The number of ether oxygens (including phenoxy) is 1. The maximum absolute atomic E-state index is 13.8. The number of nitrogens with two attached hydrogens (primary N) is 1. The number of primary amides is 1. The molecular formula is C28H38N6O5. The molecule has 1 aliphatic carbocycles. The molecule has 2 aromatic rings. The first-order valence-electron chi connectivity index (χ1n) is 13.2. The molecule has 11 heteroatoms. The first kappa shape index (κ1) is 28.3. The van der Waals surface area contributed by atoms with Gasteiger partial charge in [0, 0.05) is 17.3 Å². The van der Waals surface area contributed by atoms with E-state index in [1.807, 2.05) is 26.0 Å². The van der Waals surface area contributed by atoms with E-state index in [-0.39, 0.29) is 34.8 Å². The molecule has 0 radical (unpaired) electrons. The fourth-order valence-corrected chi connectivity index (χ4v) is 5.71. The summed E-state index contributed by atoms with van der Waals surface area (Å²) in [5.41, 5.74) is 5.08. The van der Waals surface area contributed by atoms with Crippen molar-refractivity contribution in [3.8, 4) is 0 Å². The van der Waals surface area contributed by atoms with Gasteiger partial charge in [0.15, 0.2) is 6.04 Å². The molecule has 2 aliphatic rings. The molecule has 0 bridgehead atoms. The summed E-state index contributed by atoms with van der Waals surface area (Å²) in [6.45, 7) is 13.3. The standard InChI is InChI=1S/C28H38N6O5/c1-14(2)19(32-26(38)39-27(3,4)5)25(37)34-13-17-18(28(17,6)7)22(34)24(36)31-21(23(29)35)20-16-11-9-8-10-15(16)12-30-33-20/h8-12,14,17-19,21-22H,13H2,1-7H3,(H2,29,35)(H,31,36)(H,32,38)/t17-,18-,19?,21?,22-/m0/s1. The highest BCUT2D eigenvalue weighted by molar-refractivity contribution is 5.97. The highest BCUT2D eigenvalue weighted by atomic mass is 16.6. The number of hydrogen-bond donors (Lipinski definition) is 3. The highest BCUT2D eigenvalue weighted by Gasteiger charge is 2.69. The summed E-state index contributed by atoms with van der Waals surface area (Å²) < 4.78 is 5.37. The van der Waals surface area contributed by atoms with Crippen LogP contribution < -0.4 is 16.4 Å². The molecule has 2 heterocycles. The Labute approximate surface area is 228 Å². The molecule has 0 spiro atoms. The number of carbonyl (C=O) groups is 4. The monoisotopic (exact) mass is 538 g/mol. The van der Waals surface area contributed by atoms with Gasteiger partial charge in [-0.1, -0.05) is 52.0 Å². The Morgan fingerprint density at radius 3 is 2.41 bits per heavy atom. The van der Waals surface area contributed by atoms with E-state index in [1.165, 1.54) is 4.90 Å². The minimum atomic E-state index is -1.24. The third-order valence-corrected chi connectivity index (χ3v) is 7.81. The zero-order chi connectivity index (χ0) is 28.9. The fourth-order valence-electron chi connectivity index (χ4n) is 5.71.